The number of hydrogen-bond donors (Lipinski definition) is 1. The van der Waals surface area contributed by atoms with Crippen LogP contribution in [-0.2, 0) is 10.3 Å². The molecule has 2 aromatic rings. The monoisotopic (exact) mass is 303 g/mol. The average molecular weight is 303 g/mol. The molecule has 21 heavy (non-hydrogen) atoms. The zero-order chi connectivity index (χ0) is 14.7. The van der Waals surface area contributed by atoms with E-state index in [-0.39, 0.29) is 5.91 Å². The molecule has 5 nitrogen and oxygen atoms in total. The second-order valence-corrected chi connectivity index (χ2v) is 6.18. The van der Waals surface area contributed by atoms with Gasteiger partial charge in [-0.1, -0.05) is 37.1 Å². The summed E-state index contributed by atoms with van der Waals surface area (Å²) in [6, 6.07) is 3.90. The zero-order valence-corrected chi connectivity index (χ0v) is 12.5. The van der Waals surface area contributed by atoms with Crippen LogP contribution in [0.5, 0.6) is 0 Å². The van der Waals surface area contributed by atoms with Crippen molar-refractivity contribution in [2.45, 2.75) is 37.6 Å². The van der Waals surface area contributed by atoms with Crippen LogP contribution in [0.3, 0.4) is 0 Å². The number of amides is 1. The fraction of sp³-hybridized carbons (Fsp3) is 0.400. The van der Waals surface area contributed by atoms with E-state index in [0.717, 1.165) is 37.0 Å². The molecule has 0 aliphatic heterocycles. The van der Waals surface area contributed by atoms with Crippen LogP contribution in [0.25, 0.3) is 10.7 Å². The lowest BCUT2D eigenvalue weighted by atomic mass is 9.81. The highest BCUT2D eigenvalue weighted by atomic mass is 32.1. The molecule has 0 bridgehead atoms. The number of aromatic nitrogens is 2. The first-order valence-electron chi connectivity index (χ1n) is 7.06. The average Bonchev–Trinajstić information content (AvgIpc) is 3.19. The molecule has 2 heterocycles. The zero-order valence-electron chi connectivity index (χ0n) is 11.7. The van der Waals surface area contributed by atoms with E-state index in [0.29, 0.717) is 11.7 Å². The second kappa shape index (κ2) is 5.81. The van der Waals surface area contributed by atoms with Crippen molar-refractivity contribution in [3.63, 3.8) is 0 Å². The van der Waals surface area contributed by atoms with Gasteiger partial charge in [-0.15, -0.1) is 11.3 Å². The van der Waals surface area contributed by atoms with Gasteiger partial charge in [0.1, 0.15) is 5.54 Å². The van der Waals surface area contributed by atoms with E-state index in [1.807, 2.05) is 17.5 Å². The molecule has 6 heteroatoms. The van der Waals surface area contributed by atoms with E-state index in [4.69, 9.17) is 4.52 Å². The standard InChI is InChI=1S/C15H17N3O2S/c1-2-12(19)17-15(8-4-3-5-9-15)14-16-13(18-20-14)11-7-6-10-21-11/h2,6-7,10H,1,3-5,8-9H2,(H,17,19). The van der Waals surface area contributed by atoms with Gasteiger partial charge in [0.2, 0.25) is 11.7 Å². The molecule has 1 aliphatic carbocycles. The lowest BCUT2D eigenvalue weighted by Gasteiger charge is -2.34. The SMILES string of the molecule is C=CC(=O)NC1(c2nc(-c3cccs3)no2)CCCCC1. The molecule has 0 radical (unpaired) electrons. The summed E-state index contributed by atoms with van der Waals surface area (Å²) in [5.41, 5.74) is -0.550. The van der Waals surface area contributed by atoms with E-state index in [2.05, 4.69) is 22.0 Å². The molecule has 1 amide bonds. The molecule has 1 N–H and O–H groups in total. The van der Waals surface area contributed by atoms with Crippen molar-refractivity contribution in [1.82, 2.24) is 15.5 Å². The summed E-state index contributed by atoms with van der Waals surface area (Å²) in [7, 11) is 0. The molecule has 2 aromatic heterocycles. The van der Waals surface area contributed by atoms with E-state index < -0.39 is 5.54 Å². The van der Waals surface area contributed by atoms with Crippen molar-refractivity contribution in [2.75, 3.05) is 0 Å². The Labute approximate surface area is 127 Å². The van der Waals surface area contributed by atoms with Gasteiger partial charge in [-0.05, 0) is 30.4 Å². The quantitative estimate of drug-likeness (QED) is 0.880. The lowest BCUT2D eigenvalue weighted by Crippen LogP contribution is -2.46. The van der Waals surface area contributed by atoms with Crippen molar-refractivity contribution in [3.05, 3.63) is 36.1 Å². The maximum absolute atomic E-state index is 11.8. The van der Waals surface area contributed by atoms with E-state index in [1.54, 1.807) is 11.3 Å². The summed E-state index contributed by atoms with van der Waals surface area (Å²) in [4.78, 5) is 17.3. The molecule has 1 saturated carbocycles. The molecule has 0 atom stereocenters. The Hall–Kier alpha value is -1.95. The fourth-order valence-electron chi connectivity index (χ4n) is 2.76. The third-order valence-electron chi connectivity index (χ3n) is 3.83. The van der Waals surface area contributed by atoms with Crippen molar-refractivity contribution < 1.29 is 9.32 Å². The van der Waals surface area contributed by atoms with Crippen LogP contribution in [0, 0.1) is 0 Å². The topological polar surface area (TPSA) is 68.0 Å². The number of hydrogen-bond acceptors (Lipinski definition) is 5. The maximum Gasteiger partial charge on any atom is 0.252 e. The van der Waals surface area contributed by atoms with Gasteiger partial charge in [-0.2, -0.15) is 4.98 Å². The van der Waals surface area contributed by atoms with Gasteiger partial charge in [0.25, 0.3) is 5.89 Å². The number of nitrogens with zero attached hydrogens (tertiary/aromatic N) is 2. The predicted octanol–water partition coefficient (Wildman–Crippen LogP) is 3.26. The van der Waals surface area contributed by atoms with Gasteiger partial charge >= 0.3 is 0 Å². The van der Waals surface area contributed by atoms with Crippen LogP contribution in [0.4, 0.5) is 0 Å². The molecule has 0 spiro atoms. The highest BCUT2D eigenvalue weighted by Gasteiger charge is 2.40. The third-order valence-corrected chi connectivity index (χ3v) is 4.70. The highest BCUT2D eigenvalue weighted by Crippen LogP contribution is 2.37. The normalized spacial score (nSPS) is 17.3. The van der Waals surface area contributed by atoms with Crippen molar-refractivity contribution >= 4 is 17.2 Å². The van der Waals surface area contributed by atoms with E-state index >= 15 is 0 Å². The Morgan fingerprint density at radius 3 is 2.90 bits per heavy atom. The van der Waals surface area contributed by atoms with Crippen LogP contribution < -0.4 is 5.32 Å². The van der Waals surface area contributed by atoms with Gasteiger partial charge in [0, 0.05) is 0 Å². The van der Waals surface area contributed by atoms with Crippen LogP contribution in [0.2, 0.25) is 0 Å². The first-order chi connectivity index (χ1) is 10.2. The third kappa shape index (κ3) is 2.76. The molecule has 1 aliphatic rings. The van der Waals surface area contributed by atoms with Crippen molar-refractivity contribution in [2.24, 2.45) is 0 Å². The smallest absolute Gasteiger partial charge is 0.252 e. The Morgan fingerprint density at radius 2 is 2.24 bits per heavy atom. The Kier molecular flexibility index (Phi) is 3.88. The first kappa shape index (κ1) is 14.0. The van der Waals surface area contributed by atoms with Crippen LogP contribution in [0.15, 0.2) is 34.7 Å². The minimum atomic E-state index is -0.550. The maximum atomic E-state index is 11.8. The summed E-state index contributed by atoms with van der Waals surface area (Å²) in [5, 5.41) is 9.04. The summed E-state index contributed by atoms with van der Waals surface area (Å²) in [6.07, 6.45) is 6.16. The summed E-state index contributed by atoms with van der Waals surface area (Å²) in [6.45, 7) is 3.52. The van der Waals surface area contributed by atoms with Crippen LogP contribution >= 0.6 is 11.3 Å². The van der Waals surface area contributed by atoms with Crippen LogP contribution in [0.1, 0.15) is 38.0 Å². The number of carbonyl (C=O) groups is 1. The minimum absolute atomic E-state index is 0.201. The van der Waals surface area contributed by atoms with Gasteiger partial charge in [0.05, 0.1) is 4.88 Å². The van der Waals surface area contributed by atoms with Crippen molar-refractivity contribution in [3.8, 4) is 10.7 Å². The number of nitrogens with one attached hydrogen (secondary N) is 1. The Balaban J connectivity index is 1.92. The summed E-state index contributed by atoms with van der Waals surface area (Å²) in [5.74, 6) is 0.881. The lowest BCUT2D eigenvalue weighted by molar-refractivity contribution is -0.119. The molecule has 110 valence electrons. The Bertz CT molecular complexity index is 627. The molecular weight excluding hydrogens is 286 g/mol. The molecular formula is C15H17N3O2S. The van der Waals surface area contributed by atoms with Crippen LogP contribution in [-0.4, -0.2) is 16.0 Å². The summed E-state index contributed by atoms with van der Waals surface area (Å²) < 4.78 is 5.47. The van der Waals surface area contributed by atoms with Gasteiger partial charge < -0.3 is 9.84 Å². The largest absolute Gasteiger partial charge is 0.338 e. The van der Waals surface area contributed by atoms with Gasteiger partial charge in [0.15, 0.2) is 0 Å². The fourth-order valence-corrected chi connectivity index (χ4v) is 3.41. The second-order valence-electron chi connectivity index (χ2n) is 5.24. The number of thiophene rings is 1. The molecule has 0 saturated heterocycles. The molecule has 3 rings (SSSR count). The number of rotatable bonds is 4. The van der Waals surface area contributed by atoms with Crippen molar-refractivity contribution in [1.29, 1.82) is 0 Å². The molecule has 0 aromatic carbocycles. The molecule has 0 unspecified atom stereocenters. The van der Waals surface area contributed by atoms with Gasteiger partial charge in [-0.3, -0.25) is 4.79 Å². The first-order valence-corrected chi connectivity index (χ1v) is 7.94. The number of carbonyl (C=O) groups excluding carboxylic acids is 1. The van der Waals surface area contributed by atoms with E-state index in [1.165, 1.54) is 6.08 Å². The van der Waals surface area contributed by atoms with E-state index in [9.17, 15) is 4.79 Å². The van der Waals surface area contributed by atoms with Gasteiger partial charge in [-0.25, -0.2) is 0 Å². The molecule has 1 fully saturated rings. The summed E-state index contributed by atoms with van der Waals surface area (Å²) >= 11 is 1.56. The highest BCUT2D eigenvalue weighted by molar-refractivity contribution is 7.13. The predicted molar refractivity (Wildman–Crippen MR) is 80.7 cm³/mol. The minimum Gasteiger partial charge on any atom is -0.338 e. The Morgan fingerprint density at radius 1 is 1.43 bits per heavy atom.